The average molecular weight is 857 g/mol. The van der Waals surface area contributed by atoms with Crippen molar-refractivity contribution in [2.24, 2.45) is 0 Å². The monoisotopic (exact) mass is 854 g/mol. The van der Waals surface area contributed by atoms with E-state index in [4.69, 9.17) is 0 Å². The van der Waals surface area contributed by atoms with Gasteiger partial charge in [0.15, 0.2) is 0 Å². The van der Waals surface area contributed by atoms with Crippen LogP contribution in [0.1, 0.15) is 72.9 Å². The minimum atomic E-state index is -4.39. The molecule has 272 valence electrons. The molecule has 2 aliphatic carbocycles. The van der Waals surface area contributed by atoms with Crippen LogP contribution < -0.4 is 24.8 Å². The van der Waals surface area contributed by atoms with Gasteiger partial charge in [0.2, 0.25) is 0 Å². The third-order valence-corrected chi connectivity index (χ3v) is 27.0. The molecule has 2 unspecified atom stereocenters. The van der Waals surface area contributed by atoms with Gasteiger partial charge in [-0.1, -0.05) is 0 Å². The maximum atomic E-state index is 13.4. The van der Waals surface area contributed by atoms with Crippen LogP contribution in [0.3, 0.4) is 0 Å². The van der Waals surface area contributed by atoms with E-state index in [2.05, 4.69) is 74.5 Å². The van der Waals surface area contributed by atoms with Crippen LogP contribution in [-0.2, 0) is 38.8 Å². The molecule has 0 aliphatic heterocycles. The molecule has 5 aromatic carbocycles. The molecule has 0 bridgehead atoms. The first-order chi connectivity index (χ1) is 24.5. The van der Waals surface area contributed by atoms with E-state index in [0.717, 1.165) is 52.3 Å². The van der Waals surface area contributed by atoms with Crippen molar-refractivity contribution in [2.75, 3.05) is 0 Å². The Morgan fingerprint density at radius 3 is 1.32 bits per heavy atom. The summed E-state index contributed by atoms with van der Waals surface area (Å²) in [6.07, 6.45) is -2.32. The molecule has 0 spiro atoms. The smallest absolute Gasteiger partial charge is 1.00 e. The molecule has 0 aromatic heterocycles. The molecular weight excluding hydrogens is 821 g/mol. The molecule has 0 saturated carbocycles. The SMILES string of the molecule is CCC1=Cc2c(-c3ccc(C(F)(F)F)cc3)cccc2[CH]1[Zr+2](=[SiH]Cc1ccccc1)[CH]1C(CC)=Cc2c(-c3ccc(C(F)(F)F)cc3)cccc21.[Cl-].[Cl-]. The molecule has 2 aliphatic rings. The molecule has 0 fully saturated rings. The minimum Gasteiger partial charge on any atom is -1.00 e. The van der Waals surface area contributed by atoms with Gasteiger partial charge in [0.25, 0.3) is 0 Å². The van der Waals surface area contributed by atoms with Gasteiger partial charge in [0.05, 0.1) is 0 Å². The summed E-state index contributed by atoms with van der Waals surface area (Å²) < 4.78 is 81.1. The van der Waals surface area contributed by atoms with Crippen molar-refractivity contribution in [3.05, 3.63) is 165 Å². The van der Waals surface area contributed by atoms with E-state index in [0.29, 0.717) is 7.25 Å². The Labute approximate surface area is 327 Å². The zero-order chi connectivity index (χ0) is 35.9. The van der Waals surface area contributed by atoms with Crippen molar-refractivity contribution < 1.29 is 71.5 Å². The Hall–Kier alpha value is -3.16. The molecule has 53 heavy (non-hydrogen) atoms. The van der Waals surface area contributed by atoms with Crippen molar-refractivity contribution in [3.8, 4) is 22.3 Å². The van der Waals surface area contributed by atoms with Crippen molar-refractivity contribution in [1.82, 2.24) is 0 Å². The summed E-state index contributed by atoms with van der Waals surface area (Å²) in [5.41, 5.74) is 11.1. The molecule has 5 aromatic rings. The number of alkyl halides is 6. The van der Waals surface area contributed by atoms with Crippen LogP contribution in [0.5, 0.6) is 0 Å². The summed E-state index contributed by atoms with van der Waals surface area (Å²) in [7, 11) is 0. The topological polar surface area (TPSA) is 0 Å². The van der Waals surface area contributed by atoms with Gasteiger partial charge in [0, 0.05) is 0 Å². The van der Waals surface area contributed by atoms with Gasteiger partial charge in [-0.3, -0.25) is 0 Å². The Balaban J connectivity index is 0.00000271. The first-order valence-electron chi connectivity index (χ1n) is 17.2. The van der Waals surface area contributed by atoms with Gasteiger partial charge in [0.1, 0.15) is 0 Å². The Kier molecular flexibility index (Phi) is 12.9. The average Bonchev–Trinajstić information content (AvgIpc) is 3.70. The zero-order valence-corrected chi connectivity index (χ0v) is 34.1. The van der Waals surface area contributed by atoms with E-state index < -0.39 is 43.8 Å². The van der Waals surface area contributed by atoms with Crippen LogP contribution in [0, 0.1) is 0 Å². The van der Waals surface area contributed by atoms with Crippen LogP contribution in [0.4, 0.5) is 26.3 Å². The van der Waals surface area contributed by atoms with E-state index in [1.54, 1.807) is 24.3 Å². The van der Waals surface area contributed by atoms with Gasteiger partial charge >= 0.3 is 305 Å². The Morgan fingerprint density at radius 1 is 0.528 bits per heavy atom. The number of hydrogen-bond donors (Lipinski definition) is 0. The Morgan fingerprint density at radius 2 is 0.943 bits per heavy atom. The first kappa shape index (κ1) is 41.0. The number of allylic oxidation sites excluding steroid dienone is 2. The van der Waals surface area contributed by atoms with Crippen LogP contribution in [0.25, 0.3) is 34.4 Å². The van der Waals surface area contributed by atoms with Gasteiger partial charge in [-0.15, -0.1) is 0 Å². The summed E-state index contributed by atoms with van der Waals surface area (Å²) in [6, 6.07) is 35.3. The van der Waals surface area contributed by atoms with Gasteiger partial charge in [-0.25, -0.2) is 0 Å². The van der Waals surface area contributed by atoms with E-state index >= 15 is 0 Å². The second-order valence-corrected chi connectivity index (χ2v) is 26.2. The van der Waals surface area contributed by atoms with Crippen molar-refractivity contribution >= 4 is 18.3 Å². The van der Waals surface area contributed by atoms with Crippen LogP contribution in [0.15, 0.2) is 126 Å². The van der Waals surface area contributed by atoms with Gasteiger partial charge in [-0.2, -0.15) is 0 Å². The summed E-state index contributed by atoms with van der Waals surface area (Å²) in [4.78, 5) is 0. The van der Waals surface area contributed by atoms with Crippen molar-refractivity contribution in [3.63, 3.8) is 0 Å². The molecule has 0 amide bonds. The number of hydrogen-bond acceptors (Lipinski definition) is 0. The molecule has 0 N–H and O–H groups in total. The maximum absolute atomic E-state index is 13.4. The molecule has 0 nitrogen and oxygen atoms in total. The first-order valence-corrected chi connectivity index (χ1v) is 25.7. The number of rotatable bonds is 8. The van der Waals surface area contributed by atoms with Gasteiger partial charge in [-0.05, 0) is 0 Å². The molecular formula is C43H36Cl2F6SiZr. The second kappa shape index (κ2) is 16.7. The predicted octanol–water partition coefficient (Wildman–Crippen LogP) is 6.63. The molecule has 10 heteroatoms. The third-order valence-electron chi connectivity index (χ3n) is 10.2. The van der Waals surface area contributed by atoms with Crippen LogP contribution >= 0.6 is 0 Å². The summed E-state index contributed by atoms with van der Waals surface area (Å²) in [5.74, 6) is 0. The number of fused-ring (bicyclic) bond motifs is 2. The van der Waals surface area contributed by atoms with Crippen molar-refractivity contribution in [2.45, 2.75) is 52.3 Å². The standard InChI is InChI=1S/2C18H14F3.C7H8Si.2ClH.Zr/c2*1-2-12-10-14-4-3-5-16(17(14)11-12)13-6-8-15(9-7-13)18(19,20)21;8-6-7-4-2-1-3-5-7;;;/h2*3-11H,2H2,1H3;1-5,8H,6H2;2*1H;/q;;;;;+2/p-2. The molecule has 0 heterocycles. The second-order valence-electron chi connectivity index (χ2n) is 13.2. The fourth-order valence-electron chi connectivity index (χ4n) is 7.76. The van der Waals surface area contributed by atoms with E-state index in [1.807, 2.05) is 18.2 Å². The fraction of sp³-hybridized carbons (Fsp3) is 0.209. The largest absolute Gasteiger partial charge is 1.00 e. The predicted molar refractivity (Wildman–Crippen MR) is 193 cm³/mol. The molecule has 2 atom stereocenters. The van der Waals surface area contributed by atoms with E-state index in [9.17, 15) is 26.3 Å². The number of benzene rings is 5. The fourth-order valence-corrected chi connectivity index (χ4v) is 27.9. The van der Waals surface area contributed by atoms with E-state index in [1.165, 1.54) is 52.1 Å². The van der Waals surface area contributed by atoms with E-state index in [-0.39, 0.29) is 31.0 Å². The third kappa shape index (κ3) is 8.27. The summed E-state index contributed by atoms with van der Waals surface area (Å²) >= 11 is -2.61. The zero-order valence-electron chi connectivity index (χ0n) is 29.0. The molecule has 0 saturated heterocycles. The quantitative estimate of drug-likeness (QED) is 0.122. The van der Waals surface area contributed by atoms with Gasteiger partial charge < -0.3 is 24.8 Å². The minimum absolute atomic E-state index is 0. The van der Waals surface area contributed by atoms with Crippen LogP contribution in [0.2, 0.25) is 0 Å². The summed E-state index contributed by atoms with van der Waals surface area (Å²) in [5, 5.41) is 0. The van der Waals surface area contributed by atoms with Crippen molar-refractivity contribution in [1.29, 1.82) is 0 Å². The maximum Gasteiger partial charge on any atom is -1.00 e. The molecule has 7 rings (SSSR count). The normalized spacial score (nSPS) is 15.9. The number of halogens is 8. The Bertz CT molecular complexity index is 2040. The molecule has 0 radical (unpaired) electrons. The van der Waals surface area contributed by atoms with Crippen LogP contribution in [-0.4, -0.2) is 6.16 Å². The summed E-state index contributed by atoms with van der Waals surface area (Å²) in [6.45, 7) is 4.41.